The molecule has 0 saturated heterocycles. The highest BCUT2D eigenvalue weighted by Crippen LogP contribution is 2.47. The summed E-state index contributed by atoms with van der Waals surface area (Å²) in [6.07, 6.45) is 10.1. The molecule has 0 aliphatic heterocycles. The summed E-state index contributed by atoms with van der Waals surface area (Å²) in [5.41, 5.74) is 4.09. The normalized spacial score (nSPS) is 20.2. The second-order valence-electron chi connectivity index (χ2n) is 7.41. The van der Waals surface area contributed by atoms with Crippen molar-refractivity contribution in [1.29, 1.82) is 0 Å². The molecular weight excluding hydrogens is 296 g/mol. The Hall–Kier alpha value is -1.70. The summed E-state index contributed by atoms with van der Waals surface area (Å²) in [7, 11) is 0. The van der Waals surface area contributed by atoms with Crippen molar-refractivity contribution in [3.63, 3.8) is 0 Å². The molecule has 0 radical (unpaired) electrons. The van der Waals surface area contributed by atoms with Crippen LogP contribution < -0.4 is 0 Å². The van der Waals surface area contributed by atoms with Gasteiger partial charge in [0.15, 0.2) is 0 Å². The summed E-state index contributed by atoms with van der Waals surface area (Å²) in [4.78, 5) is 0. The van der Waals surface area contributed by atoms with Crippen LogP contribution in [0.4, 0.5) is 0 Å². The number of unbranched alkanes of at least 4 members (excludes halogenated alkanes) is 4. The molecule has 0 saturated carbocycles. The molecule has 1 aromatic rings. The highest BCUT2D eigenvalue weighted by molar-refractivity contribution is 5.52. The lowest BCUT2D eigenvalue weighted by atomic mass is 9.83. The molecule has 0 fully saturated rings. The summed E-state index contributed by atoms with van der Waals surface area (Å²) in [6, 6.07) is 3.68. The van der Waals surface area contributed by atoms with E-state index in [4.69, 9.17) is 0 Å². The number of aryl methyl sites for hydroxylation is 1. The first-order valence-electron chi connectivity index (χ1n) is 9.31. The van der Waals surface area contributed by atoms with Crippen molar-refractivity contribution in [1.82, 2.24) is 0 Å². The molecule has 2 rings (SSSR count). The van der Waals surface area contributed by atoms with Crippen LogP contribution in [0.3, 0.4) is 0 Å². The van der Waals surface area contributed by atoms with Crippen LogP contribution in [0.2, 0.25) is 0 Å². The van der Waals surface area contributed by atoms with E-state index in [9.17, 15) is 10.2 Å². The van der Waals surface area contributed by atoms with Crippen molar-refractivity contribution in [2.45, 2.75) is 71.6 Å². The maximum Gasteiger partial charge on any atom is 0.123 e. The minimum atomic E-state index is 0.0288. The lowest BCUT2D eigenvalue weighted by Crippen LogP contribution is -2.08. The zero-order valence-corrected chi connectivity index (χ0v) is 15.4. The lowest BCUT2D eigenvalue weighted by molar-refractivity contribution is 0.422. The molecule has 0 spiro atoms. The third-order valence-corrected chi connectivity index (χ3v) is 5.17. The Balaban J connectivity index is 2.13. The van der Waals surface area contributed by atoms with Gasteiger partial charge in [0.1, 0.15) is 11.5 Å². The van der Waals surface area contributed by atoms with Crippen LogP contribution in [-0.2, 0) is 6.42 Å². The van der Waals surface area contributed by atoms with Gasteiger partial charge in [-0.05, 0) is 56.7 Å². The predicted octanol–water partition coefficient (Wildman–Crippen LogP) is 6.24. The molecule has 2 unspecified atom stereocenters. The van der Waals surface area contributed by atoms with Gasteiger partial charge >= 0.3 is 0 Å². The number of rotatable bonds is 8. The SMILES string of the molecule is C=C(C)C1CC(C)=CC1c1c(O)cc(CCCCCCC)cc1O. The first-order valence-corrected chi connectivity index (χ1v) is 9.31. The first-order chi connectivity index (χ1) is 11.4. The third-order valence-electron chi connectivity index (χ3n) is 5.17. The minimum Gasteiger partial charge on any atom is -0.507 e. The first kappa shape index (κ1) is 18.6. The Labute approximate surface area is 146 Å². The Morgan fingerprint density at radius 1 is 1.12 bits per heavy atom. The summed E-state index contributed by atoms with van der Waals surface area (Å²) < 4.78 is 0. The molecule has 2 N–H and O–H groups in total. The monoisotopic (exact) mass is 328 g/mol. The van der Waals surface area contributed by atoms with E-state index < -0.39 is 0 Å². The van der Waals surface area contributed by atoms with Crippen LogP contribution >= 0.6 is 0 Å². The topological polar surface area (TPSA) is 40.5 Å². The van der Waals surface area contributed by atoms with E-state index >= 15 is 0 Å². The van der Waals surface area contributed by atoms with Crippen molar-refractivity contribution < 1.29 is 10.2 Å². The van der Waals surface area contributed by atoms with Gasteiger partial charge in [0.25, 0.3) is 0 Å². The van der Waals surface area contributed by atoms with Crippen LogP contribution in [0, 0.1) is 5.92 Å². The Kier molecular flexibility index (Phi) is 6.53. The average Bonchev–Trinajstić information content (AvgIpc) is 2.88. The molecule has 132 valence electrons. The Bertz CT molecular complexity index is 589. The van der Waals surface area contributed by atoms with Gasteiger partial charge in [0, 0.05) is 11.5 Å². The standard InChI is InChI=1S/C22H32O2/c1-5-6-7-8-9-10-17-13-20(23)22(21(24)14-17)19-12-16(4)11-18(19)15(2)3/h12-14,18-19,23-24H,2,5-11H2,1,3-4H3. The fourth-order valence-corrected chi connectivity index (χ4v) is 3.83. The second kappa shape index (κ2) is 8.41. The Morgan fingerprint density at radius 2 is 1.75 bits per heavy atom. The zero-order chi connectivity index (χ0) is 17.7. The van der Waals surface area contributed by atoms with E-state index in [2.05, 4.69) is 26.5 Å². The Morgan fingerprint density at radius 3 is 2.33 bits per heavy atom. The summed E-state index contributed by atoms with van der Waals surface area (Å²) >= 11 is 0. The van der Waals surface area contributed by atoms with Crippen LogP contribution in [0.15, 0.2) is 35.9 Å². The number of hydrogen-bond acceptors (Lipinski definition) is 2. The molecule has 2 nitrogen and oxygen atoms in total. The molecule has 0 heterocycles. The molecule has 2 atom stereocenters. The molecule has 0 amide bonds. The van der Waals surface area contributed by atoms with Crippen molar-refractivity contribution in [2.24, 2.45) is 5.92 Å². The van der Waals surface area contributed by atoms with Gasteiger partial charge in [-0.2, -0.15) is 0 Å². The van der Waals surface area contributed by atoms with Crippen molar-refractivity contribution >= 4 is 0 Å². The highest BCUT2D eigenvalue weighted by atomic mass is 16.3. The number of benzene rings is 1. The summed E-state index contributed by atoms with van der Waals surface area (Å²) in [5.74, 6) is 0.740. The van der Waals surface area contributed by atoms with Gasteiger partial charge in [0.2, 0.25) is 0 Å². The third kappa shape index (κ3) is 4.43. The molecule has 24 heavy (non-hydrogen) atoms. The average molecular weight is 328 g/mol. The predicted molar refractivity (Wildman–Crippen MR) is 102 cm³/mol. The van der Waals surface area contributed by atoms with E-state index in [-0.39, 0.29) is 23.3 Å². The second-order valence-corrected chi connectivity index (χ2v) is 7.41. The number of aromatic hydroxyl groups is 2. The van der Waals surface area contributed by atoms with Gasteiger partial charge in [-0.1, -0.05) is 56.4 Å². The molecule has 0 bridgehead atoms. The van der Waals surface area contributed by atoms with E-state index in [1.54, 1.807) is 0 Å². The van der Waals surface area contributed by atoms with Gasteiger partial charge in [0.05, 0.1) is 0 Å². The van der Waals surface area contributed by atoms with Crippen molar-refractivity contribution in [2.75, 3.05) is 0 Å². The number of allylic oxidation sites excluding steroid dienone is 3. The maximum atomic E-state index is 10.5. The minimum absolute atomic E-state index is 0.0288. The quantitative estimate of drug-likeness (QED) is 0.438. The number of hydrogen-bond donors (Lipinski definition) is 2. The number of phenolic OH excluding ortho intramolecular Hbond substituents is 2. The fraction of sp³-hybridized carbons (Fsp3) is 0.545. The molecule has 0 aromatic heterocycles. The largest absolute Gasteiger partial charge is 0.507 e. The zero-order valence-electron chi connectivity index (χ0n) is 15.4. The smallest absolute Gasteiger partial charge is 0.123 e. The fourth-order valence-electron chi connectivity index (χ4n) is 3.83. The van der Waals surface area contributed by atoms with Crippen LogP contribution in [-0.4, -0.2) is 10.2 Å². The van der Waals surface area contributed by atoms with Crippen molar-refractivity contribution in [3.8, 4) is 11.5 Å². The number of phenols is 2. The molecule has 1 aromatic carbocycles. The van der Waals surface area contributed by atoms with Crippen LogP contribution in [0.5, 0.6) is 11.5 Å². The lowest BCUT2D eigenvalue weighted by Gasteiger charge is -2.22. The van der Waals surface area contributed by atoms with Crippen LogP contribution in [0.25, 0.3) is 0 Å². The summed E-state index contributed by atoms with van der Waals surface area (Å²) in [6.45, 7) is 10.4. The van der Waals surface area contributed by atoms with Gasteiger partial charge < -0.3 is 10.2 Å². The van der Waals surface area contributed by atoms with E-state index in [1.807, 2.05) is 19.1 Å². The molecule has 1 aliphatic rings. The molecule has 1 aliphatic carbocycles. The van der Waals surface area contributed by atoms with Gasteiger partial charge in [-0.3, -0.25) is 0 Å². The van der Waals surface area contributed by atoms with Crippen molar-refractivity contribution in [3.05, 3.63) is 47.1 Å². The highest BCUT2D eigenvalue weighted by Gasteiger charge is 2.31. The van der Waals surface area contributed by atoms with Gasteiger partial charge in [-0.15, -0.1) is 0 Å². The van der Waals surface area contributed by atoms with E-state index in [1.165, 1.54) is 31.3 Å². The maximum absolute atomic E-state index is 10.5. The summed E-state index contributed by atoms with van der Waals surface area (Å²) in [5, 5.41) is 21.1. The van der Waals surface area contributed by atoms with Crippen LogP contribution in [0.1, 0.15) is 76.3 Å². The molecule has 2 heteroatoms. The molecular formula is C22H32O2. The van der Waals surface area contributed by atoms with E-state index in [0.717, 1.165) is 30.4 Å². The van der Waals surface area contributed by atoms with E-state index in [0.29, 0.717) is 5.56 Å². The van der Waals surface area contributed by atoms with Gasteiger partial charge in [-0.25, -0.2) is 0 Å².